The molecule has 5 rings (SSSR count). The van der Waals surface area contributed by atoms with Gasteiger partial charge < -0.3 is 19.7 Å². The van der Waals surface area contributed by atoms with E-state index in [9.17, 15) is 24.3 Å². The summed E-state index contributed by atoms with van der Waals surface area (Å²) in [5.74, 6) is -1.83. The van der Waals surface area contributed by atoms with E-state index in [2.05, 4.69) is 27.7 Å². The lowest BCUT2D eigenvalue weighted by Crippen LogP contribution is -2.60. The van der Waals surface area contributed by atoms with Crippen molar-refractivity contribution in [2.45, 2.75) is 125 Å². The third-order valence-corrected chi connectivity index (χ3v) is 13.1. The zero-order valence-electron chi connectivity index (χ0n) is 26.5. The molecule has 2 N–H and O–H groups in total. The number of aliphatic hydroxyl groups is 1. The number of ether oxygens (including phenoxy) is 2. The molecule has 8 heteroatoms. The molecule has 0 aromatic carbocycles. The average molecular weight is 585 g/mol. The van der Waals surface area contributed by atoms with Gasteiger partial charge in [-0.2, -0.15) is 0 Å². The number of ketones is 1. The lowest BCUT2D eigenvalue weighted by molar-refractivity contribution is -0.173. The summed E-state index contributed by atoms with van der Waals surface area (Å²) in [6.45, 7) is 16.6. The van der Waals surface area contributed by atoms with Crippen molar-refractivity contribution < 1.29 is 38.9 Å². The molecule has 9 atom stereocenters. The molecule has 42 heavy (non-hydrogen) atoms. The van der Waals surface area contributed by atoms with Crippen LogP contribution in [0.2, 0.25) is 0 Å². The van der Waals surface area contributed by atoms with Crippen molar-refractivity contribution in [3.8, 4) is 0 Å². The lowest BCUT2D eigenvalue weighted by atomic mass is 9.42. The number of aliphatic hydroxyl groups excluding tert-OH is 1. The fourth-order valence-electron chi connectivity index (χ4n) is 10.3. The maximum Gasteiger partial charge on any atom is 0.334 e. The van der Waals surface area contributed by atoms with Gasteiger partial charge in [-0.3, -0.25) is 14.4 Å². The highest BCUT2D eigenvalue weighted by molar-refractivity contribution is 5.99. The molecule has 8 nitrogen and oxygen atoms in total. The maximum absolute atomic E-state index is 14.3. The van der Waals surface area contributed by atoms with Crippen LogP contribution in [0, 0.1) is 39.4 Å². The van der Waals surface area contributed by atoms with E-state index in [1.807, 2.05) is 27.7 Å². The molecule has 0 saturated heterocycles. The summed E-state index contributed by atoms with van der Waals surface area (Å²) in [6.07, 6.45) is 2.46. The Kier molecular flexibility index (Phi) is 7.40. The monoisotopic (exact) mass is 584 g/mol. The molecule has 9 unspecified atom stereocenters. The third kappa shape index (κ3) is 4.25. The van der Waals surface area contributed by atoms with E-state index in [0.29, 0.717) is 37.7 Å². The number of fused-ring (bicyclic) bond motifs is 4. The number of aliphatic carboxylic acids is 1. The first-order valence-corrected chi connectivity index (χ1v) is 15.6. The van der Waals surface area contributed by atoms with Gasteiger partial charge >= 0.3 is 17.9 Å². The molecule has 0 bridgehead atoms. The van der Waals surface area contributed by atoms with Crippen molar-refractivity contribution in [3.05, 3.63) is 22.3 Å². The van der Waals surface area contributed by atoms with Crippen molar-refractivity contribution >= 4 is 23.7 Å². The summed E-state index contributed by atoms with van der Waals surface area (Å²) in [7, 11) is 0. The van der Waals surface area contributed by atoms with Crippen LogP contribution in [-0.2, 0) is 28.7 Å². The van der Waals surface area contributed by atoms with Crippen LogP contribution in [0.5, 0.6) is 0 Å². The fourth-order valence-corrected chi connectivity index (χ4v) is 10.3. The van der Waals surface area contributed by atoms with E-state index in [4.69, 9.17) is 14.6 Å². The molecular formula is C34H48O8. The minimum atomic E-state index is -1.22. The Balaban J connectivity index is 1.46. The summed E-state index contributed by atoms with van der Waals surface area (Å²) in [6, 6.07) is 0. The van der Waals surface area contributed by atoms with Gasteiger partial charge in [0.1, 0.15) is 18.6 Å². The van der Waals surface area contributed by atoms with E-state index in [1.54, 1.807) is 0 Å². The number of carbonyl (C=O) groups is 4. The molecule has 0 amide bonds. The second kappa shape index (κ2) is 10.0. The Morgan fingerprint density at radius 2 is 1.71 bits per heavy atom. The molecule has 1 aliphatic heterocycles. The van der Waals surface area contributed by atoms with Gasteiger partial charge in [-0.25, -0.2) is 4.79 Å². The standard InChI is InChI=1S/C34H48O8/c1-17(13-23-18(2)19(3)30(40)41-23)20-9-12-33(7)29-21(14-25(36)34(20,33)8)32(6)11-10-26(42-28(39)16-27(37)38)31(4,5)24(32)15-22(29)35/h17,20,23-26,36H,9-16H2,1-8H3,(H,37,38). The van der Waals surface area contributed by atoms with Crippen LogP contribution in [-0.4, -0.2) is 52.2 Å². The van der Waals surface area contributed by atoms with E-state index in [0.717, 1.165) is 29.6 Å². The Bertz CT molecular complexity index is 1290. The SMILES string of the molecule is CC1=C(C)C(CC(C)C2CCC3(C)C4=C(CC(O)C23C)C2(C)CCC(OC(=O)CC(=O)O)C(C)(C)C2CC4=O)OC1=O. The van der Waals surface area contributed by atoms with Crippen LogP contribution < -0.4 is 0 Å². The van der Waals surface area contributed by atoms with Crippen molar-refractivity contribution in [2.75, 3.05) is 0 Å². The predicted octanol–water partition coefficient (Wildman–Crippen LogP) is 5.56. The van der Waals surface area contributed by atoms with Crippen molar-refractivity contribution in [3.63, 3.8) is 0 Å². The number of cyclic esters (lactones) is 1. The van der Waals surface area contributed by atoms with Gasteiger partial charge in [0.15, 0.2) is 5.78 Å². The Morgan fingerprint density at radius 3 is 2.31 bits per heavy atom. The Labute approximate surface area is 249 Å². The van der Waals surface area contributed by atoms with Gasteiger partial charge in [-0.1, -0.05) is 47.1 Å². The van der Waals surface area contributed by atoms with E-state index in [-0.39, 0.29) is 41.0 Å². The molecule has 1 heterocycles. The summed E-state index contributed by atoms with van der Waals surface area (Å²) in [4.78, 5) is 49.8. The molecule has 0 aromatic rings. The first-order valence-electron chi connectivity index (χ1n) is 15.6. The molecule has 0 aromatic heterocycles. The highest BCUT2D eigenvalue weighted by atomic mass is 16.6. The third-order valence-electron chi connectivity index (χ3n) is 13.1. The van der Waals surface area contributed by atoms with Crippen molar-refractivity contribution in [1.29, 1.82) is 0 Å². The minimum Gasteiger partial charge on any atom is -0.481 e. The van der Waals surface area contributed by atoms with Gasteiger partial charge in [0.25, 0.3) is 0 Å². The van der Waals surface area contributed by atoms with E-state index >= 15 is 0 Å². The highest BCUT2D eigenvalue weighted by Crippen LogP contribution is 2.72. The molecule has 4 aliphatic carbocycles. The highest BCUT2D eigenvalue weighted by Gasteiger charge is 2.68. The van der Waals surface area contributed by atoms with Crippen LogP contribution in [0.25, 0.3) is 0 Å². The molecule has 232 valence electrons. The number of carbonyl (C=O) groups excluding carboxylic acids is 3. The fraction of sp³-hybridized carbons (Fsp3) is 0.765. The summed E-state index contributed by atoms with van der Waals surface area (Å²) < 4.78 is 11.4. The minimum absolute atomic E-state index is 0.0982. The first kappa shape index (κ1) is 31.0. The number of allylic oxidation sites excluding steroid dienone is 1. The maximum atomic E-state index is 14.3. The topological polar surface area (TPSA) is 127 Å². The molecule has 2 saturated carbocycles. The van der Waals surface area contributed by atoms with E-state index < -0.39 is 46.8 Å². The summed E-state index contributed by atoms with van der Waals surface area (Å²) in [5, 5.41) is 21.1. The molecule has 0 spiro atoms. The molecule has 2 fully saturated rings. The number of Topliss-reactive ketones (excluding diaryl/α,β-unsaturated/α-hetero) is 1. The van der Waals surface area contributed by atoms with Crippen LogP contribution in [0.3, 0.4) is 0 Å². The number of hydrogen-bond acceptors (Lipinski definition) is 7. The number of rotatable bonds is 6. The summed E-state index contributed by atoms with van der Waals surface area (Å²) in [5.41, 5.74) is 1.80. The molecule has 5 aliphatic rings. The van der Waals surface area contributed by atoms with Crippen molar-refractivity contribution in [2.24, 2.45) is 39.4 Å². The number of esters is 2. The predicted molar refractivity (Wildman–Crippen MR) is 155 cm³/mol. The van der Waals surface area contributed by atoms with Gasteiger partial charge in [0.05, 0.1) is 6.10 Å². The zero-order valence-corrected chi connectivity index (χ0v) is 26.5. The summed E-state index contributed by atoms with van der Waals surface area (Å²) >= 11 is 0. The Hall–Kier alpha value is -2.48. The van der Waals surface area contributed by atoms with Gasteiger partial charge in [-0.05, 0) is 81.1 Å². The molecular weight excluding hydrogens is 536 g/mol. The Morgan fingerprint density at radius 1 is 1.05 bits per heavy atom. The van der Waals surface area contributed by atoms with Crippen LogP contribution in [0.15, 0.2) is 22.3 Å². The van der Waals surface area contributed by atoms with Gasteiger partial charge in [0.2, 0.25) is 0 Å². The number of hydrogen-bond donors (Lipinski definition) is 2. The van der Waals surface area contributed by atoms with E-state index in [1.165, 1.54) is 0 Å². The van der Waals surface area contributed by atoms with Crippen LogP contribution >= 0.6 is 0 Å². The van der Waals surface area contributed by atoms with Gasteiger partial charge in [-0.15, -0.1) is 0 Å². The number of carboxylic acid groups (broad SMARTS) is 1. The first-order chi connectivity index (χ1) is 19.4. The van der Waals surface area contributed by atoms with Crippen molar-refractivity contribution in [1.82, 2.24) is 0 Å². The largest absolute Gasteiger partial charge is 0.481 e. The lowest BCUT2D eigenvalue weighted by Gasteiger charge is -2.62. The number of carboxylic acids is 1. The second-order valence-corrected chi connectivity index (χ2v) is 15.3. The normalized spacial score (nSPS) is 41.6. The zero-order chi connectivity index (χ0) is 31.2. The smallest absolute Gasteiger partial charge is 0.334 e. The van der Waals surface area contributed by atoms with Gasteiger partial charge in [0, 0.05) is 33.8 Å². The molecule has 0 radical (unpaired) electrons. The van der Waals surface area contributed by atoms with Crippen LogP contribution in [0.1, 0.15) is 107 Å². The average Bonchev–Trinajstić information content (AvgIpc) is 3.30. The van der Waals surface area contributed by atoms with Crippen LogP contribution in [0.4, 0.5) is 0 Å². The quantitative estimate of drug-likeness (QED) is 0.307. The second-order valence-electron chi connectivity index (χ2n) is 15.3.